The Morgan fingerprint density at radius 1 is 0.871 bits per heavy atom. The fourth-order valence-electron chi connectivity index (χ4n) is 3.81. The fraction of sp³-hybridized carbons (Fsp3) is 0.192. The van der Waals surface area contributed by atoms with Crippen molar-refractivity contribution in [3.05, 3.63) is 84.2 Å². The zero-order valence-corrected chi connectivity index (χ0v) is 17.5. The van der Waals surface area contributed by atoms with Crippen molar-refractivity contribution in [2.24, 2.45) is 4.99 Å². The predicted octanol–water partition coefficient (Wildman–Crippen LogP) is 5.18. The van der Waals surface area contributed by atoms with Crippen molar-refractivity contribution in [3.63, 3.8) is 0 Å². The molecule has 0 saturated carbocycles. The average Bonchev–Trinajstić information content (AvgIpc) is 2.85. The zero-order valence-electron chi connectivity index (χ0n) is 17.5. The molecule has 3 aromatic carbocycles. The van der Waals surface area contributed by atoms with Crippen molar-refractivity contribution in [1.82, 2.24) is 0 Å². The molecule has 0 aliphatic carbocycles. The molecule has 1 aliphatic heterocycles. The molecule has 0 bridgehead atoms. The van der Waals surface area contributed by atoms with E-state index in [9.17, 15) is 0 Å². The average molecular weight is 412 g/mol. The van der Waals surface area contributed by atoms with Gasteiger partial charge in [-0.2, -0.15) is 0 Å². The van der Waals surface area contributed by atoms with Crippen LogP contribution in [0.5, 0.6) is 5.75 Å². The Bertz CT molecular complexity index is 1240. The van der Waals surface area contributed by atoms with E-state index in [1.54, 1.807) is 7.11 Å². The molecule has 5 heteroatoms. The lowest BCUT2D eigenvalue weighted by atomic mass is 10.1. The highest BCUT2D eigenvalue weighted by Crippen LogP contribution is 2.25. The molecule has 1 fully saturated rings. The number of ether oxygens (including phenoxy) is 2. The number of nitrogens with zero attached hydrogens (tertiary/aromatic N) is 2. The van der Waals surface area contributed by atoms with Gasteiger partial charge in [-0.05, 0) is 60.7 Å². The number of fused-ring (bicyclic) bond motifs is 1. The number of benzene rings is 3. The normalized spacial score (nSPS) is 14.7. The van der Waals surface area contributed by atoms with E-state index in [0.29, 0.717) is 0 Å². The minimum Gasteiger partial charge on any atom is -0.497 e. The van der Waals surface area contributed by atoms with Crippen LogP contribution in [0, 0.1) is 0 Å². The van der Waals surface area contributed by atoms with Crippen LogP contribution in [0.15, 0.2) is 88.3 Å². The maximum absolute atomic E-state index is 6.18. The maximum atomic E-state index is 6.18. The van der Waals surface area contributed by atoms with E-state index in [4.69, 9.17) is 18.9 Å². The van der Waals surface area contributed by atoms with E-state index in [2.05, 4.69) is 29.2 Å². The minimum atomic E-state index is 0.769. The van der Waals surface area contributed by atoms with Gasteiger partial charge in [-0.1, -0.05) is 12.1 Å². The molecular weight excluding hydrogens is 388 g/mol. The molecule has 4 aromatic rings. The van der Waals surface area contributed by atoms with Crippen LogP contribution in [0.3, 0.4) is 0 Å². The van der Waals surface area contributed by atoms with Crippen LogP contribution in [0.2, 0.25) is 0 Å². The number of hydrogen-bond acceptors (Lipinski definition) is 5. The second kappa shape index (κ2) is 8.66. The molecule has 1 saturated heterocycles. The molecule has 0 unspecified atom stereocenters. The molecule has 5 nitrogen and oxygen atoms in total. The van der Waals surface area contributed by atoms with Gasteiger partial charge in [-0.15, -0.1) is 0 Å². The van der Waals surface area contributed by atoms with Crippen LogP contribution >= 0.6 is 0 Å². The highest BCUT2D eigenvalue weighted by atomic mass is 16.5. The second-order valence-electron chi connectivity index (χ2n) is 7.45. The fourth-order valence-corrected chi connectivity index (χ4v) is 3.81. The summed E-state index contributed by atoms with van der Waals surface area (Å²) in [5, 5.41) is 1.86. The molecule has 5 rings (SSSR count). The van der Waals surface area contributed by atoms with Gasteiger partial charge >= 0.3 is 0 Å². The first-order valence-electron chi connectivity index (χ1n) is 10.4. The van der Waals surface area contributed by atoms with Gasteiger partial charge in [-0.25, -0.2) is 4.99 Å². The SMILES string of the molecule is COc1ccc(-c2cc(=Nc3ccc(N4CCOCC4)cc3)c3ccccc3o2)cc1. The first-order chi connectivity index (χ1) is 15.3. The Kier molecular flexibility index (Phi) is 5.42. The summed E-state index contributed by atoms with van der Waals surface area (Å²) in [6, 6.07) is 26.2. The second-order valence-corrected chi connectivity index (χ2v) is 7.45. The van der Waals surface area contributed by atoms with Crippen LogP contribution < -0.4 is 15.0 Å². The summed E-state index contributed by atoms with van der Waals surface area (Å²) in [4.78, 5) is 7.29. The van der Waals surface area contributed by atoms with Gasteiger partial charge in [-0.3, -0.25) is 0 Å². The van der Waals surface area contributed by atoms with Gasteiger partial charge in [0.2, 0.25) is 0 Å². The number of para-hydroxylation sites is 1. The standard InChI is InChI=1S/C26H24N2O3/c1-29-22-12-6-19(7-13-22)26-18-24(23-4-2-3-5-25(23)31-26)27-20-8-10-21(11-9-20)28-14-16-30-17-15-28/h2-13,18H,14-17H2,1H3. The Labute approximate surface area is 181 Å². The first kappa shape index (κ1) is 19.4. The zero-order chi connectivity index (χ0) is 21.0. The number of rotatable bonds is 4. The quantitative estimate of drug-likeness (QED) is 0.464. The van der Waals surface area contributed by atoms with E-state index in [1.165, 1.54) is 5.69 Å². The molecule has 0 N–H and O–H groups in total. The van der Waals surface area contributed by atoms with Gasteiger partial charge in [0.25, 0.3) is 0 Å². The van der Waals surface area contributed by atoms with Crippen molar-refractivity contribution < 1.29 is 13.9 Å². The molecular formula is C26H24N2O3. The summed E-state index contributed by atoms with van der Waals surface area (Å²) in [6.45, 7) is 3.40. The third-order valence-electron chi connectivity index (χ3n) is 5.50. The highest BCUT2D eigenvalue weighted by Gasteiger charge is 2.11. The van der Waals surface area contributed by atoms with Gasteiger partial charge in [0.15, 0.2) is 0 Å². The molecule has 1 aromatic heterocycles. The van der Waals surface area contributed by atoms with Gasteiger partial charge in [0.1, 0.15) is 17.1 Å². The first-order valence-corrected chi connectivity index (χ1v) is 10.4. The molecule has 2 heterocycles. The van der Waals surface area contributed by atoms with E-state index in [1.807, 2.05) is 54.6 Å². The van der Waals surface area contributed by atoms with Crippen molar-refractivity contribution in [2.45, 2.75) is 0 Å². The largest absolute Gasteiger partial charge is 0.497 e. The Hall–Kier alpha value is -3.57. The van der Waals surface area contributed by atoms with Crippen molar-refractivity contribution in [2.75, 3.05) is 38.3 Å². The summed E-state index contributed by atoms with van der Waals surface area (Å²) in [5.41, 5.74) is 3.90. The van der Waals surface area contributed by atoms with Crippen LogP contribution in [0.1, 0.15) is 0 Å². The van der Waals surface area contributed by atoms with Crippen molar-refractivity contribution >= 4 is 22.3 Å². The van der Waals surface area contributed by atoms with Gasteiger partial charge in [0.05, 0.1) is 31.4 Å². The van der Waals surface area contributed by atoms with Crippen LogP contribution in [0.25, 0.3) is 22.3 Å². The smallest absolute Gasteiger partial charge is 0.136 e. The van der Waals surface area contributed by atoms with Crippen molar-refractivity contribution in [1.29, 1.82) is 0 Å². The summed E-state index contributed by atoms with van der Waals surface area (Å²) in [5.74, 6) is 1.58. The molecule has 1 aliphatic rings. The number of methoxy groups -OCH3 is 1. The number of anilines is 1. The number of hydrogen-bond donors (Lipinski definition) is 0. The van der Waals surface area contributed by atoms with Gasteiger partial charge in [0, 0.05) is 35.8 Å². The minimum absolute atomic E-state index is 0.769. The van der Waals surface area contributed by atoms with E-state index < -0.39 is 0 Å². The van der Waals surface area contributed by atoms with E-state index in [0.717, 1.165) is 65.4 Å². The molecule has 0 spiro atoms. The van der Waals surface area contributed by atoms with Crippen LogP contribution in [-0.2, 0) is 4.74 Å². The summed E-state index contributed by atoms with van der Waals surface area (Å²) < 4.78 is 16.9. The summed E-state index contributed by atoms with van der Waals surface area (Å²) in [7, 11) is 1.66. The van der Waals surface area contributed by atoms with Gasteiger partial charge < -0.3 is 18.8 Å². The lowest BCUT2D eigenvalue weighted by Crippen LogP contribution is -2.36. The lowest BCUT2D eigenvalue weighted by Gasteiger charge is -2.28. The maximum Gasteiger partial charge on any atom is 0.136 e. The lowest BCUT2D eigenvalue weighted by molar-refractivity contribution is 0.122. The van der Waals surface area contributed by atoms with E-state index >= 15 is 0 Å². The van der Waals surface area contributed by atoms with Crippen LogP contribution in [-0.4, -0.2) is 33.4 Å². The highest BCUT2D eigenvalue weighted by molar-refractivity contribution is 5.78. The van der Waals surface area contributed by atoms with Crippen LogP contribution in [0.4, 0.5) is 11.4 Å². The topological polar surface area (TPSA) is 47.2 Å². The molecule has 0 atom stereocenters. The van der Waals surface area contributed by atoms with Crippen molar-refractivity contribution in [3.8, 4) is 17.1 Å². The Morgan fingerprint density at radius 2 is 1.61 bits per heavy atom. The summed E-state index contributed by atoms with van der Waals surface area (Å²) in [6.07, 6.45) is 0. The third-order valence-corrected chi connectivity index (χ3v) is 5.50. The summed E-state index contributed by atoms with van der Waals surface area (Å²) >= 11 is 0. The molecule has 0 radical (unpaired) electrons. The Morgan fingerprint density at radius 3 is 2.35 bits per heavy atom. The van der Waals surface area contributed by atoms with E-state index in [-0.39, 0.29) is 0 Å². The molecule has 31 heavy (non-hydrogen) atoms. The number of morpholine rings is 1. The molecule has 0 amide bonds. The molecule has 156 valence electrons. The predicted molar refractivity (Wildman–Crippen MR) is 123 cm³/mol. The third kappa shape index (κ3) is 4.18. The monoisotopic (exact) mass is 412 g/mol. The Balaban J connectivity index is 1.55.